The molecule has 1 aliphatic rings. The van der Waals surface area contributed by atoms with Crippen molar-refractivity contribution < 1.29 is 9.18 Å². The second-order valence-corrected chi connectivity index (χ2v) is 8.01. The predicted molar refractivity (Wildman–Crippen MR) is 101 cm³/mol. The summed E-state index contributed by atoms with van der Waals surface area (Å²) in [4.78, 5) is 22.7. The van der Waals surface area contributed by atoms with E-state index < -0.39 is 5.82 Å². The number of amides is 1. The molecule has 0 aromatic carbocycles. The number of nitrogens with one attached hydrogen (secondary N) is 1. The van der Waals surface area contributed by atoms with Gasteiger partial charge >= 0.3 is 0 Å². The monoisotopic (exact) mass is 374 g/mol. The fraction of sp³-hybridized carbons (Fsp3) is 0.579. The first-order chi connectivity index (χ1) is 12.7. The molecule has 1 aliphatic heterocycles. The number of likely N-dealkylation sites (tertiary alicyclic amines) is 1. The van der Waals surface area contributed by atoms with Crippen LogP contribution in [0.3, 0.4) is 0 Å². The van der Waals surface area contributed by atoms with Crippen molar-refractivity contribution in [1.29, 1.82) is 0 Å². The van der Waals surface area contributed by atoms with Gasteiger partial charge in [-0.15, -0.1) is 0 Å². The molecule has 3 rings (SSSR count). The molecule has 0 saturated carbocycles. The summed E-state index contributed by atoms with van der Waals surface area (Å²) in [5, 5.41) is 7.37. The Morgan fingerprint density at radius 3 is 2.67 bits per heavy atom. The van der Waals surface area contributed by atoms with Gasteiger partial charge in [-0.25, -0.2) is 14.4 Å². The van der Waals surface area contributed by atoms with E-state index in [2.05, 4.69) is 20.4 Å². The molecule has 2 aromatic rings. The van der Waals surface area contributed by atoms with E-state index in [1.54, 1.807) is 10.9 Å². The molecule has 2 atom stereocenters. The van der Waals surface area contributed by atoms with E-state index >= 15 is 0 Å². The van der Waals surface area contributed by atoms with Gasteiger partial charge in [-0.05, 0) is 27.2 Å². The molecule has 27 heavy (non-hydrogen) atoms. The number of rotatable bonds is 5. The highest BCUT2D eigenvalue weighted by Crippen LogP contribution is 2.42. The van der Waals surface area contributed by atoms with Crippen LogP contribution in [0, 0.1) is 11.7 Å². The lowest BCUT2D eigenvalue weighted by Gasteiger charge is -2.38. The number of hydrogen-bond donors (Lipinski definition) is 1. The maximum atomic E-state index is 14.4. The largest absolute Gasteiger partial charge is 0.367 e. The lowest BCUT2D eigenvalue weighted by molar-refractivity contribution is -0.133. The van der Waals surface area contributed by atoms with Crippen LogP contribution in [0.4, 0.5) is 10.2 Å². The zero-order valence-corrected chi connectivity index (χ0v) is 16.5. The number of carbonyl (C=O) groups excluding carboxylic acids is 1. The summed E-state index contributed by atoms with van der Waals surface area (Å²) in [6.45, 7) is 8.38. The molecule has 2 aromatic heterocycles. The Balaban J connectivity index is 1.86. The number of anilines is 1. The van der Waals surface area contributed by atoms with E-state index in [1.807, 2.05) is 45.8 Å². The number of halogens is 1. The third kappa shape index (κ3) is 3.79. The average molecular weight is 374 g/mol. The maximum absolute atomic E-state index is 14.4. The van der Waals surface area contributed by atoms with Crippen molar-refractivity contribution in [2.24, 2.45) is 13.0 Å². The summed E-state index contributed by atoms with van der Waals surface area (Å²) in [5.41, 5.74) is 1.06. The molecule has 0 radical (unpaired) electrons. The van der Waals surface area contributed by atoms with Crippen molar-refractivity contribution in [2.45, 2.75) is 52.1 Å². The first-order valence-electron chi connectivity index (χ1n) is 9.26. The lowest BCUT2D eigenvalue weighted by Crippen LogP contribution is -2.44. The van der Waals surface area contributed by atoms with Crippen LogP contribution in [0.1, 0.15) is 51.4 Å². The molecule has 0 aliphatic carbocycles. The molecule has 1 N–H and O–H groups in total. The minimum atomic E-state index is -0.421. The molecule has 0 bridgehead atoms. The molecule has 3 heterocycles. The van der Waals surface area contributed by atoms with Gasteiger partial charge in [0.15, 0.2) is 11.6 Å². The van der Waals surface area contributed by atoms with Gasteiger partial charge in [0.1, 0.15) is 6.33 Å². The minimum absolute atomic E-state index is 0.0135. The van der Waals surface area contributed by atoms with Crippen molar-refractivity contribution in [2.75, 3.05) is 11.9 Å². The van der Waals surface area contributed by atoms with Crippen LogP contribution in [-0.2, 0) is 18.3 Å². The lowest BCUT2D eigenvalue weighted by atomic mass is 9.93. The fourth-order valence-corrected chi connectivity index (χ4v) is 3.79. The Morgan fingerprint density at radius 1 is 1.33 bits per heavy atom. The van der Waals surface area contributed by atoms with E-state index in [1.165, 1.54) is 6.33 Å². The SMILES string of the molecule is CCc1ncnc(NC[C@@H]2CC(=O)N(C(C)(C)C)[C@H]2c2cnn(C)c2)c1F. The van der Waals surface area contributed by atoms with Gasteiger partial charge in [0.05, 0.1) is 17.9 Å². The summed E-state index contributed by atoms with van der Waals surface area (Å²) < 4.78 is 16.2. The highest BCUT2D eigenvalue weighted by Gasteiger charge is 2.45. The zero-order chi connectivity index (χ0) is 19.8. The average Bonchev–Trinajstić information content (AvgIpc) is 3.16. The van der Waals surface area contributed by atoms with E-state index in [9.17, 15) is 9.18 Å². The molecule has 146 valence electrons. The van der Waals surface area contributed by atoms with E-state index in [0.717, 1.165) is 5.56 Å². The topological polar surface area (TPSA) is 75.9 Å². The third-order valence-electron chi connectivity index (χ3n) is 4.95. The zero-order valence-electron chi connectivity index (χ0n) is 16.5. The molecule has 1 saturated heterocycles. The molecular weight excluding hydrogens is 347 g/mol. The van der Waals surface area contributed by atoms with Crippen LogP contribution >= 0.6 is 0 Å². The fourth-order valence-electron chi connectivity index (χ4n) is 3.79. The second kappa shape index (κ2) is 7.25. The smallest absolute Gasteiger partial charge is 0.223 e. The van der Waals surface area contributed by atoms with Crippen LogP contribution in [0.2, 0.25) is 0 Å². The number of carbonyl (C=O) groups is 1. The van der Waals surface area contributed by atoms with Gasteiger partial charge in [-0.2, -0.15) is 5.10 Å². The van der Waals surface area contributed by atoms with Crippen LogP contribution in [0.15, 0.2) is 18.7 Å². The third-order valence-corrected chi connectivity index (χ3v) is 4.95. The normalized spacial score (nSPS) is 20.4. The molecular formula is C19H27FN6O. The highest BCUT2D eigenvalue weighted by atomic mass is 19.1. The van der Waals surface area contributed by atoms with Crippen LogP contribution in [-0.4, -0.2) is 42.6 Å². The van der Waals surface area contributed by atoms with Crippen molar-refractivity contribution in [3.63, 3.8) is 0 Å². The number of nitrogens with zero attached hydrogens (tertiary/aromatic N) is 5. The summed E-state index contributed by atoms with van der Waals surface area (Å²) >= 11 is 0. The number of aromatic nitrogens is 4. The minimum Gasteiger partial charge on any atom is -0.367 e. The summed E-state index contributed by atoms with van der Waals surface area (Å²) in [6.07, 6.45) is 6.01. The highest BCUT2D eigenvalue weighted by molar-refractivity contribution is 5.80. The predicted octanol–water partition coefficient (Wildman–Crippen LogP) is 2.71. The first kappa shape index (κ1) is 19.3. The van der Waals surface area contributed by atoms with Crippen LogP contribution in [0.25, 0.3) is 0 Å². The van der Waals surface area contributed by atoms with Crippen molar-refractivity contribution >= 4 is 11.7 Å². The van der Waals surface area contributed by atoms with Crippen LogP contribution < -0.4 is 5.32 Å². The summed E-state index contributed by atoms with van der Waals surface area (Å²) in [5.74, 6) is -0.149. The Hall–Kier alpha value is -2.51. The van der Waals surface area contributed by atoms with Gasteiger partial charge in [-0.1, -0.05) is 6.92 Å². The maximum Gasteiger partial charge on any atom is 0.223 e. The first-order valence-corrected chi connectivity index (χ1v) is 9.26. The number of hydrogen-bond acceptors (Lipinski definition) is 5. The molecule has 8 heteroatoms. The number of aryl methyl sites for hydroxylation is 2. The van der Waals surface area contributed by atoms with Crippen LogP contribution in [0.5, 0.6) is 0 Å². The standard InChI is InChI=1S/C19H27FN6O/c1-6-14-16(20)18(23-11-22-14)21-8-12-7-15(27)26(19(2,3)4)17(12)13-9-24-25(5)10-13/h9-12,17H,6-8H2,1-5H3,(H,21,22,23)/t12-,17+/m0/s1. The molecule has 1 fully saturated rings. The quantitative estimate of drug-likeness (QED) is 0.871. The summed E-state index contributed by atoms with van der Waals surface area (Å²) in [6, 6.07) is -0.116. The van der Waals surface area contributed by atoms with Gasteiger partial charge in [0.25, 0.3) is 0 Å². The van der Waals surface area contributed by atoms with Gasteiger partial charge in [-0.3, -0.25) is 9.48 Å². The molecule has 1 amide bonds. The molecule has 0 spiro atoms. The summed E-state index contributed by atoms with van der Waals surface area (Å²) in [7, 11) is 1.86. The molecule has 0 unspecified atom stereocenters. The van der Waals surface area contributed by atoms with Crippen molar-refractivity contribution in [3.8, 4) is 0 Å². The van der Waals surface area contributed by atoms with Gasteiger partial charge in [0.2, 0.25) is 5.91 Å². The second-order valence-electron chi connectivity index (χ2n) is 8.01. The molecule has 7 nitrogen and oxygen atoms in total. The van der Waals surface area contributed by atoms with E-state index in [-0.39, 0.29) is 29.2 Å². The van der Waals surface area contributed by atoms with Crippen molar-refractivity contribution in [3.05, 3.63) is 35.8 Å². The Kier molecular flexibility index (Phi) is 5.17. The van der Waals surface area contributed by atoms with E-state index in [0.29, 0.717) is 25.1 Å². The Morgan fingerprint density at radius 2 is 2.07 bits per heavy atom. The Labute approximate surface area is 159 Å². The van der Waals surface area contributed by atoms with Crippen molar-refractivity contribution in [1.82, 2.24) is 24.6 Å². The van der Waals surface area contributed by atoms with E-state index in [4.69, 9.17) is 0 Å². The van der Waals surface area contributed by atoms with Gasteiger partial charge in [0, 0.05) is 43.2 Å². The Bertz CT molecular complexity index is 828. The van der Waals surface area contributed by atoms with Gasteiger partial charge < -0.3 is 10.2 Å².